The summed E-state index contributed by atoms with van der Waals surface area (Å²) in [5.74, 6) is 0.0781. The molecule has 0 aliphatic heterocycles. The average Bonchev–Trinajstić information content (AvgIpc) is 3.58. The Kier molecular flexibility index (Phi) is 8.41. The molecular weight excluding hydrogens is 585 g/mol. The van der Waals surface area contributed by atoms with Crippen LogP contribution in [0.25, 0.3) is 11.1 Å². The first-order valence-corrected chi connectivity index (χ1v) is 14.8. The average molecular weight is 623 g/mol. The van der Waals surface area contributed by atoms with Crippen molar-refractivity contribution in [1.29, 1.82) is 0 Å². The molecule has 0 amide bonds. The number of hydrogen-bond acceptors (Lipinski definition) is 7. The number of hydrogen-bond donors (Lipinski definition) is 2. The number of aromatic carboxylic acids is 1. The van der Waals surface area contributed by atoms with Crippen molar-refractivity contribution in [2.24, 2.45) is 5.41 Å². The Morgan fingerprint density at radius 2 is 1.80 bits per heavy atom. The van der Waals surface area contributed by atoms with E-state index in [1.54, 1.807) is 0 Å². The zero-order valence-electron chi connectivity index (χ0n) is 26.0. The predicted octanol–water partition coefficient (Wildman–Crippen LogP) is 7.87. The lowest BCUT2D eigenvalue weighted by Crippen LogP contribution is -2.32. The van der Waals surface area contributed by atoms with Gasteiger partial charge in [-0.2, -0.15) is 18.2 Å². The maximum absolute atomic E-state index is 12.1. The summed E-state index contributed by atoms with van der Waals surface area (Å²) in [6, 6.07) is 14.0. The summed E-state index contributed by atoms with van der Waals surface area (Å²) in [6.07, 6.45) is 0.296. The normalized spacial score (nSPS) is 15.4. The minimum Gasteiger partial charge on any atom is -0.484 e. The number of rotatable bonds is 7. The molecule has 2 aromatic carbocycles. The van der Waals surface area contributed by atoms with Gasteiger partial charge in [0.2, 0.25) is 5.89 Å². The maximum Gasteiger partial charge on any atom is 0.422 e. The number of nitrogens with two attached hydrogens (primary N) is 1. The third kappa shape index (κ3) is 7.13. The number of fused-ring (bicyclic) bond motifs is 3. The summed E-state index contributed by atoms with van der Waals surface area (Å²) in [5, 5.41) is 13.0. The number of benzene rings is 2. The minimum atomic E-state index is -4.45. The molecule has 2 heterocycles. The highest BCUT2D eigenvalue weighted by Gasteiger charge is 2.40. The number of pyridine rings is 1. The number of carboxylic acids is 1. The van der Waals surface area contributed by atoms with E-state index in [0.717, 1.165) is 43.0 Å². The quantitative estimate of drug-likeness (QED) is 0.176. The van der Waals surface area contributed by atoms with Gasteiger partial charge in [-0.05, 0) is 65.3 Å². The topological polar surface area (TPSA) is 124 Å². The Balaban J connectivity index is 0.000000194. The van der Waals surface area contributed by atoms with Gasteiger partial charge in [0.15, 0.2) is 18.1 Å². The van der Waals surface area contributed by atoms with Crippen molar-refractivity contribution < 1.29 is 32.3 Å². The van der Waals surface area contributed by atoms with Crippen molar-refractivity contribution in [3.05, 3.63) is 88.3 Å². The molecule has 1 unspecified atom stereocenters. The summed E-state index contributed by atoms with van der Waals surface area (Å²) in [6.45, 7) is 9.28. The first-order valence-electron chi connectivity index (χ1n) is 14.8. The van der Waals surface area contributed by atoms with Gasteiger partial charge in [0.25, 0.3) is 0 Å². The molecule has 6 rings (SSSR count). The molecule has 0 bridgehead atoms. The van der Waals surface area contributed by atoms with Crippen LogP contribution >= 0.6 is 0 Å². The van der Waals surface area contributed by atoms with Crippen LogP contribution in [0.3, 0.4) is 0 Å². The summed E-state index contributed by atoms with van der Waals surface area (Å²) >= 11 is 0. The fraction of sp³-hybridized carbons (Fsp3) is 0.412. The van der Waals surface area contributed by atoms with Crippen molar-refractivity contribution in [3.8, 4) is 16.9 Å². The van der Waals surface area contributed by atoms with Gasteiger partial charge < -0.3 is 20.1 Å². The Bertz CT molecular complexity index is 1720. The van der Waals surface area contributed by atoms with Crippen molar-refractivity contribution in [2.75, 3.05) is 12.3 Å². The number of ether oxygens (including phenoxy) is 1. The molecule has 0 radical (unpaired) electrons. The second kappa shape index (κ2) is 11.8. The van der Waals surface area contributed by atoms with Crippen LogP contribution in [0.1, 0.15) is 97.3 Å². The number of nitrogens with zero attached hydrogens (tertiary/aromatic N) is 3. The van der Waals surface area contributed by atoms with Crippen molar-refractivity contribution in [1.82, 2.24) is 15.1 Å². The highest BCUT2D eigenvalue weighted by molar-refractivity contribution is 5.86. The molecule has 2 aliphatic rings. The highest BCUT2D eigenvalue weighted by atomic mass is 19.4. The van der Waals surface area contributed by atoms with Crippen LogP contribution in [0.4, 0.5) is 18.9 Å². The first-order chi connectivity index (χ1) is 21.1. The number of carbonyl (C=O) groups is 1. The van der Waals surface area contributed by atoms with Crippen LogP contribution in [-0.2, 0) is 11.8 Å². The van der Waals surface area contributed by atoms with Gasteiger partial charge in [0.1, 0.15) is 5.75 Å². The van der Waals surface area contributed by atoms with Gasteiger partial charge in [0.05, 0.1) is 5.41 Å². The van der Waals surface area contributed by atoms with Crippen LogP contribution < -0.4 is 10.5 Å². The molecule has 238 valence electrons. The summed E-state index contributed by atoms with van der Waals surface area (Å²) in [5.41, 5.74) is 13.7. The third-order valence-electron chi connectivity index (χ3n) is 8.05. The van der Waals surface area contributed by atoms with E-state index in [4.69, 9.17) is 15.4 Å². The van der Waals surface area contributed by atoms with Gasteiger partial charge in [-0.3, -0.25) is 0 Å². The van der Waals surface area contributed by atoms with Crippen LogP contribution in [0, 0.1) is 12.3 Å². The fourth-order valence-corrected chi connectivity index (χ4v) is 6.15. The van der Waals surface area contributed by atoms with E-state index < -0.39 is 24.2 Å². The Hall–Kier alpha value is -4.41. The van der Waals surface area contributed by atoms with Gasteiger partial charge in [-0.15, -0.1) is 0 Å². The Morgan fingerprint density at radius 3 is 2.40 bits per heavy atom. The van der Waals surface area contributed by atoms with E-state index in [9.17, 15) is 18.0 Å². The second-order valence-corrected chi connectivity index (χ2v) is 13.2. The van der Waals surface area contributed by atoms with Crippen molar-refractivity contribution >= 4 is 11.7 Å². The van der Waals surface area contributed by atoms with Crippen LogP contribution in [0.5, 0.6) is 5.75 Å². The van der Waals surface area contributed by atoms with E-state index in [-0.39, 0.29) is 22.8 Å². The van der Waals surface area contributed by atoms with Crippen LogP contribution in [0.2, 0.25) is 0 Å². The van der Waals surface area contributed by atoms with Gasteiger partial charge in [-0.25, -0.2) is 9.78 Å². The molecule has 8 nitrogen and oxygen atoms in total. The van der Waals surface area contributed by atoms with Gasteiger partial charge >= 0.3 is 12.1 Å². The van der Waals surface area contributed by atoms with Crippen LogP contribution in [-0.4, -0.2) is 39.0 Å². The lowest BCUT2D eigenvalue weighted by Gasteiger charge is -2.35. The van der Waals surface area contributed by atoms with Crippen molar-refractivity contribution in [2.45, 2.75) is 77.8 Å². The maximum atomic E-state index is 12.1. The van der Waals surface area contributed by atoms with Gasteiger partial charge in [-0.1, -0.05) is 62.3 Å². The number of alkyl halides is 3. The molecule has 11 heteroatoms. The lowest BCUT2D eigenvalue weighted by molar-refractivity contribution is -0.153. The molecule has 3 N–H and O–H groups in total. The van der Waals surface area contributed by atoms with E-state index in [1.165, 1.54) is 28.5 Å². The van der Waals surface area contributed by atoms with E-state index in [1.807, 2.05) is 6.92 Å². The van der Waals surface area contributed by atoms with E-state index in [2.05, 4.69) is 84.0 Å². The number of halogens is 3. The molecule has 4 aromatic rings. The molecule has 45 heavy (non-hydrogen) atoms. The largest absolute Gasteiger partial charge is 0.484 e. The molecule has 2 aromatic heterocycles. The molecule has 1 atom stereocenters. The number of anilines is 1. The smallest absolute Gasteiger partial charge is 0.422 e. The fourth-order valence-electron chi connectivity index (χ4n) is 6.15. The number of carboxylic acid groups (broad SMARTS) is 1. The van der Waals surface area contributed by atoms with Crippen molar-refractivity contribution in [3.63, 3.8) is 0 Å². The summed E-state index contributed by atoms with van der Waals surface area (Å²) in [7, 11) is 0. The Labute approximate surface area is 259 Å². The molecular formula is C34H37F3N4O4. The minimum absolute atomic E-state index is 0.0396. The highest BCUT2D eigenvalue weighted by Crippen LogP contribution is 2.48. The number of nitrogen functional groups attached to an aromatic ring is 1. The summed E-state index contributed by atoms with van der Waals surface area (Å²) in [4.78, 5) is 19.0. The van der Waals surface area contributed by atoms with Gasteiger partial charge in [0, 0.05) is 36.9 Å². The number of aryl methyl sites for hydroxylation is 1. The molecule has 1 saturated carbocycles. The predicted molar refractivity (Wildman–Crippen MR) is 163 cm³/mol. The Morgan fingerprint density at radius 1 is 1.09 bits per heavy atom. The zero-order valence-corrected chi connectivity index (χ0v) is 26.0. The number of aromatic nitrogens is 3. The lowest BCUT2D eigenvalue weighted by atomic mass is 9.69. The molecule has 2 aliphatic carbocycles. The second-order valence-electron chi connectivity index (χ2n) is 13.2. The zero-order chi connectivity index (χ0) is 32.7. The van der Waals surface area contributed by atoms with E-state index in [0.29, 0.717) is 17.3 Å². The van der Waals surface area contributed by atoms with E-state index >= 15 is 0 Å². The molecule has 0 saturated heterocycles. The summed E-state index contributed by atoms with van der Waals surface area (Å²) < 4.78 is 46.3. The standard InChI is InChI=1S/C23H27N3O.C11H10F3NO3/c1-14-25-21(26-27-14)23(5,13-22(2,3)4)19-11-10-17-16-9-7-6-8-15(16)12-18(17)20(19)24;12-11(13,14)5-18-9-3-8(10(16)17)15-4-7(9)6-1-2-6/h6-11H,12-13,24H2,1-5H3;3-4,6H,1-2,5H2,(H,16,17). The first kappa shape index (κ1) is 32.0. The monoisotopic (exact) mass is 622 g/mol. The molecule has 1 fully saturated rings. The third-order valence-corrected chi connectivity index (χ3v) is 8.05. The molecule has 0 spiro atoms. The van der Waals surface area contributed by atoms with Crippen LogP contribution in [0.15, 0.2) is 53.2 Å². The SMILES string of the molecule is Cc1nc(C(C)(CC(C)(C)C)c2ccc3c(c2N)Cc2ccccc2-3)no1.O=C(O)c1cc(OCC(F)(F)F)c(C2CC2)cn1.